The van der Waals surface area contributed by atoms with Gasteiger partial charge in [-0.25, -0.2) is 9.78 Å². The second kappa shape index (κ2) is 4.87. The lowest BCUT2D eigenvalue weighted by atomic mass is 10.0. The van der Waals surface area contributed by atoms with Crippen molar-refractivity contribution in [1.29, 1.82) is 0 Å². The van der Waals surface area contributed by atoms with Crippen molar-refractivity contribution in [2.45, 2.75) is 19.3 Å². The van der Waals surface area contributed by atoms with Gasteiger partial charge in [-0.1, -0.05) is 6.42 Å². The van der Waals surface area contributed by atoms with E-state index in [0.717, 1.165) is 41.4 Å². The fourth-order valence-electron chi connectivity index (χ4n) is 3.74. The van der Waals surface area contributed by atoms with Crippen molar-refractivity contribution in [2.75, 3.05) is 18.0 Å². The van der Waals surface area contributed by atoms with Gasteiger partial charge in [-0.3, -0.25) is 4.40 Å². The van der Waals surface area contributed by atoms with E-state index in [1.165, 1.54) is 25.3 Å². The molecule has 1 saturated heterocycles. The predicted molar refractivity (Wildman–Crippen MR) is 82.8 cm³/mol. The number of aromatic nitrogens is 2. The molecule has 0 spiro atoms. The largest absolute Gasteiger partial charge is 0.478 e. The molecule has 2 aliphatic rings. The fraction of sp³-hybridized carbons (Fsp3) is 0.467. The molecule has 0 aromatic carbocycles. The molecule has 0 radical (unpaired) electrons. The van der Waals surface area contributed by atoms with Gasteiger partial charge in [0.1, 0.15) is 0 Å². The van der Waals surface area contributed by atoms with E-state index in [-0.39, 0.29) is 0 Å². The minimum atomic E-state index is -0.926. The number of anilines is 1. The highest BCUT2D eigenvalue weighted by atomic mass is 32.1. The van der Waals surface area contributed by atoms with Crippen LogP contribution in [-0.2, 0) is 4.79 Å². The highest BCUT2D eigenvalue weighted by Crippen LogP contribution is 2.40. The zero-order chi connectivity index (χ0) is 14.4. The van der Waals surface area contributed by atoms with Gasteiger partial charge < -0.3 is 10.0 Å². The summed E-state index contributed by atoms with van der Waals surface area (Å²) in [5, 5.41) is 10.9. The average molecular weight is 303 g/mol. The molecule has 3 heterocycles. The summed E-state index contributed by atoms with van der Waals surface area (Å²) in [6.45, 7) is 2.12. The van der Waals surface area contributed by atoms with Crippen molar-refractivity contribution in [3.05, 3.63) is 23.3 Å². The Hall–Kier alpha value is -1.82. The minimum Gasteiger partial charge on any atom is -0.478 e. The molecule has 2 atom stereocenters. The van der Waals surface area contributed by atoms with Crippen LogP contribution in [0.15, 0.2) is 17.7 Å². The van der Waals surface area contributed by atoms with Gasteiger partial charge in [-0.15, -0.1) is 11.3 Å². The number of imidazole rings is 1. The summed E-state index contributed by atoms with van der Waals surface area (Å²) in [4.78, 5) is 18.8. The Morgan fingerprint density at radius 1 is 1.38 bits per heavy atom. The molecule has 5 nitrogen and oxygen atoms in total. The van der Waals surface area contributed by atoms with E-state index in [1.807, 2.05) is 16.0 Å². The van der Waals surface area contributed by atoms with Gasteiger partial charge in [0.2, 0.25) is 0 Å². The van der Waals surface area contributed by atoms with Gasteiger partial charge in [0, 0.05) is 30.7 Å². The van der Waals surface area contributed by atoms with Crippen LogP contribution in [0.1, 0.15) is 25.0 Å². The number of rotatable bonds is 3. The highest BCUT2D eigenvalue weighted by molar-refractivity contribution is 7.15. The van der Waals surface area contributed by atoms with Crippen molar-refractivity contribution in [1.82, 2.24) is 9.38 Å². The number of carbonyl (C=O) groups is 1. The summed E-state index contributed by atoms with van der Waals surface area (Å²) < 4.78 is 1.98. The minimum absolute atomic E-state index is 0.793. The van der Waals surface area contributed by atoms with Crippen LogP contribution in [0.4, 0.5) is 5.82 Å². The Kier molecular flexibility index (Phi) is 2.99. The van der Waals surface area contributed by atoms with E-state index in [0.29, 0.717) is 0 Å². The Bertz CT molecular complexity index is 706. The van der Waals surface area contributed by atoms with E-state index >= 15 is 0 Å². The molecule has 4 rings (SSSR count). The van der Waals surface area contributed by atoms with Crippen molar-refractivity contribution in [2.24, 2.45) is 11.8 Å². The zero-order valence-corrected chi connectivity index (χ0v) is 12.4. The van der Waals surface area contributed by atoms with E-state index in [2.05, 4.69) is 4.90 Å². The monoisotopic (exact) mass is 303 g/mol. The second-order valence-corrected chi connectivity index (χ2v) is 6.78. The second-order valence-electron chi connectivity index (χ2n) is 5.90. The highest BCUT2D eigenvalue weighted by Gasteiger charge is 2.37. The van der Waals surface area contributed by atoms with Crippen LogP contribution in [-0.4, -0.2) is 33.6 Å². The van der Waals surface area contributed by atoms with Gasteiger partial charge in [-0.2, -0.15) is 0 Å². The van der Waals surface area contributed by atoms with E-state index < -0.39 is 5.97 Å². The molecular weight excluding hydrogens is 286 g/mol. The first kappa shape index (κ1) is 12.9. The molecule has 2 unspecified atom stereocenters. The molecule has 0 bridgehead atoms. The van der Waals surface area contributed by atoms with Crippen molar-refractivity contribution in [3.8, 4) is 0 Å². The van der Waals surface area contributed by atoms with Crippen LogP contribution in [0, 0.1) is 11.8 Å². The summed E-state index contributed by atoms with van der Waals surface area (Å²) >= 11 is 1.58. The van der Waals surface area contributed by atoms with E-state index in [9.17, 15) is 4.79 Å². The topological polar surface area (TPSA) is 57.8 Å². The van der Waals surface area contributed by atoms with Crippen LogP contribution in [0.5, 0.6) is 0 Å². The van der Waals surface area contributed by atoms with Crippen molar-refractivity contribution in [3.63, 3.8) is 0 Å². The predicted octanol–water partition coefficient (Wildman–Crippen LogP) is 2.73. The normalized spacial score (nSPS) is 25.2. The Morgan fingerprint density at radius 3 is 2.86 bits per heavy atom. The standard InChI is InChI=1S/C15H17N3O2S/c19-13(20)5-4-12-14(16-15-18(12)6-7-21-15)17-8-10-2-1-3-11(10)9-17/h4-7,10-11H,1-3,8-9H2,(H,19,20)/b5-4+. The Morgan fingerprint density at radius 2 is 2.14 bits per heavy atom. The molecule has 1 aliphatic carbocycles. The molecule has 6 heteroatoms. The molecule has 2 aromatic rings. The van der Waals surface area contributed by atoms with Crippen LogP contribution in [0.2, 0.25) is 0 Å². The van der Waals surface area contributed by atoms with E-state index in [4.69, 9.17) is 10.1 Å². The molecule has 110 valence electrons. The lowest BCUT2D eigenvalue weighted by Gasteiger charge is -2.17. The SMILES string of the molecule is O=C(O)/C=C/c1c(N2CC3CCCC3C2)nc2sccn12. The third-order valence-electron chi connectivity index (χ3n) is 4.69. The first-order valence-electron chi connectivity index (χ1n) is 7.34. The van der Waals surface area contributed by atoms with Gasteiger partial charge in [0.25, 0.3) is 0 Å². The quantitative estimate of drug-likeness (QED) is 0.886. The van der Waals surface area contributed by atoms with Crippen molar-refractivity contribution >= 4 is 34.2 Å². The summed E-state index contributed by atoms with van der Waals surface area (Å²) in [5.74, 6) is 1.60. The number of fused-ring (bicyclic) bond motifs is 2. The number of thiazole rings is 1. The van der Waals surface area contributed by atoms with Crippen LogP contribution >= 0.6 is 11.3 Å². The Labute approximate surface area is 126 Å². The molecule has 2 fully saturated rings. The van der Waals surface area contributed by atoms with Crippen molar-refractivity contribution < 1.29 is 9.90 Å². The summed E-state index contributed by atoms with van der Waals surface area (Å²) in [6, 6.07) is 0. The smallest absolute Gasteiger partial charge is 0.328 e. The lowest BCUT2D eigenvalue weighted by molar-refractivity contribution is -0.131. The average Bonchev–Trinajstić information content (AvgIpc) is 3.15. The van der Waals surface area contributed by atoms with Crippen LogP contribution < -0.4 is 4.90 Å². The maximum Gasteiger partial charge on any atom is 0.328 e. The number of nitrogens with zero attached hydrogens (tertiary/aromatic N) is 3. The molecule has 1 saturated carbocycles. The lowest BCUT2D eigenvalue weighted by Crippen LogP contribution is -2.22. The first-order valence-corrected chi connectivity index (χ1v) is 8.22. The first-order chi connectivity index (χ1) is 10.2. The number of carboxylic acids is 1. The summed E-state index contributed by atoms with van der Waals surface area (Å²) in [6.07, 6.45) is 8.82. The molecule has 1 N–H and O–H groups in total. The molecule has 2 aromatic heterocycles. The third-order valence-corrected chi connectivity index (χ3v) is 5.45. The number of aliphatic carboxylic acids is 1. The number of hydrogen-bond acceptors (Lipinski definition) is 4. The van der Waals surface area contributed by atoms with Gasteiger partial charge in [0.05, 0.1) is 5.69 Å². The maximum absolute atomic E-state index is 10.8. The van der Waals surface area contributed by atoms with Crippen LogP contribution in [0.25, 0.3) is 11.0 Å². The number of hydrogen-bond donors (Lipinski definition) is 1. The summed E-state index contributed by atoms with van der Waals surface area (Å²) in [7, 11) is 0. The summed E-state index contributed by atoms with van der Waals surface area (Å²) in [5.41, 5.74) is 0.883. The van der Waals surface area contributed by atoms with Gasteiger partial charge in [-0.05, 0) is 30.8 Å². The van der Waals surface area contributed by atoms with E-state index in [1.54, 1.807) is 17.4 Å². The van der Waals surface area contributed by atoms with Gasteiger partial charge >= 0.3 is 5.97 Å². The fourth-order valence-corrected chi connectivity index (χ4v) is 4.45. The number of carboxylic acid groups (broad SMARTS) is 1. The zero-order valence-electron chi connectivity index (χ0n) is 11.6. The maximum atomic E-state index is 10.8. The third kappa shape index (κ3) is 2.14. The molecule has 0 amide bonds. The van der Waals surface area contributed by atoms with Crippen LogP contribution in [0.3, 0.4) is 0 Å². The molecular formula is C15H17N3O2S. The molecule has 21 heavy (non-hydrogen) atoms. The Balaban J connectivity index is 1.72. The molecule has 1 aliphatic heterocycles. The van der Waals surface area contributed by atoms with Gasteiger partial charge in [0.15, 0.2) is 10.8 Å².